The zero-order chi connectivity index (χ0) is 15.7. The van der Waals surface area contributed by atoms with E-state index in [-0.39, 0.29) is 24.7 Å². The van der Waals surface area contributed by atoms with Crippen molar-refractivity contribution in [2.24, 2.45) is 0 Å². The summed E-state index contributed by atoms with van der Waals surface area (Å²) in [6, 6.07) is 9.57. The van der Waals surface area contributed by atoms with Gasteiger partial charge in [-0.15, -0.1) is 0 Å². The van der Waals surface area contributed by atoms with Gasteiger partial charge in [0.1, 0.15) is 0 Å². The van der Waals surface area contributed by atoms with Crippen LogP contribution in [-0.4, -0.2) is 25.9 Å². The van der Waals surface area contributed by atoms with Gasteiger partial charge in [-0.2, -0.15) is 5.48 Å². The number of carbonyl (C=O) groups is 2. The molecule has 6 nitrogen and oxygen atoms in total. The van der Waals surface area contributed by atoms with Gasteiger partial charge < -0.3 is 10.2 Å². The SMILES string of the molecule is CNO/C(NC(=O)CCC(=O)NC)=C(\C)c1ccccc1. The minimum Gasteiger partial charge on any atom is -0.390 e. The first-order chi connectivity index (χ1) is 10.1. The minimum absolute atomic E-state index is 0.0956. The predicted octanol–water partition coefficient (Wildman–Crippen LogP) is 1.17. The summed E-state index contributed by atoms with van der Waals surface area (Å²) in [6.45, 7) is 1.85. The number of allylic oxidation sites excluding steroid dienone is 1. The molecule has 1 aromatic carbocycles. The van der Waals surface area contributed by atoms with Crippen molar-refractivity contribution in [2.45, 2.75) is 19.8 Å². The van der Waals surface area contributed by atoms with E-state index in [1.165, 1.54) is 7.05 Å². The molecule has 0 aliphatic heterocycles. The van der Waals surface area contributed by atoms with Crippen LogP contribution in [0.25, 0.3) is 5.57 Å². The molecule has 0 aromatic heterocycles. The molecule has 0 atom stereocenters. The summed E-state index contributed by atoms with van der Waals surface area (Å²) >= 11 is 0. The Bertz CT molecular complexity index is 512. The normalized spacial score (nSPS) is 11.4. The summed E-state index contributed by atoms with van der Waals surface area (Å²) in [4.78, 5) is 28.2. The fraction of sp³-hybridized carbons (Fsp3) is 0.333. The molecule has 0 bridgehead atoms. The highest BCUT2D eigenvalue weighted by Crippen LogP contribution is 2.16. The van der Waals surface area contributed by atoms with Crippen molar-refractivity contribution in [3.05, 3.63) is 41.8 Å². The van der Waals surface area contributed by atoms with E-state index < -0.39 is 0 Å². The number of hydrogen-bond acceptors (Lipinski definition) is 4. The summed E-state index contributed by atoms with van der Waals surface area (Å²) in [6.07, 6.45) is 0.234. The lowest BCUT2D eigenvalue weighted by Crippen LogP contribution is -2.29. The maximum Gasteiger partial charge on any atom is 0.227 e. The van der Waals surface area contributed by atoms with Crippen LogP contribution < -0.4 is 16.1 Å². The van der Waals surface area contributed by atoms with Crippen LogP contribution in [0.4, 0.5) is 0 Å². The molecule has 0 saturated heterocycles. The molecule has 0 aliphatic rings. The van der Waals surface area contributed by atoms with Gasteiger partial charge in [0.15, 0.2) is 0 Å². The van der Waals surface area contributed by atoms with Crippen molar-refractivity contribution in [2.75, 3.05) is 14.1 Å². The Morgan fingerprint density at radius 1 is 1.05 bits per heavy atom. The van der Waals surface area contributed by atoms with Gasteiger partial charge in [-0.3, -0.25) is 14.9 Å². The molecule has 0 radical (unpaired) electrons. The molecular formula is C15H21N3O3. The summed E-state index contributed by atoms with van der Waals surface area (Å²) in [5, 5.41) is 5.14. The second-order valence-electron chi connectivity index (χ2n) is 4.35. The Balaban J connectivity index is 2.77. The molecule has 0 fully saturated rings. The number of hydroxylamine groups is 1. The van der Waals surface area contributed by atoms with E-state index in [1.807, 2.05) is 37.3 Å². The van der Waals surface area contributed by atoms with Gasteiger partial charge in [-0.05, 0) is 12.5 Å². The van der Waals surface area contributed by atoms with E-state index in [1.54, 1.807) is 7.05 Å². The lowest BCUT2D eigenvalue weighted by atomic mass is 10.1. The molecule has 1 rings (SSSR count). The molecule has 2 amide bonds. The molecular weight excluding hydrogens is 270 g/mol. The average molecular weight is 291 g/mol. The Morgan fingerprint density at radius 2 is 1.67 bits per heavy atom. The van der Waals surface area contributed by atoms with Crippen LogP contribution in [0.1, 0.15) is 25.3 Å². The molecule has 21 heavy (non-hydrogen) atoms. The Morgan fingerprint density at radius 3 is 2.24 bits per heavy atom. The van der Waals surface area contributed by atoms with Gasteiger partial charge >= 0.3 is 0 Å². The highest BCUT2D eigenvalue weighted by atomic mass is 16.7. The van der Waals surface area contributed by atoms with Crippen LogP contribution in [0.3, 0.4) is 0 Å². The third-order valence-corrected chi connectivity index (χ3v) is 2.86. The molecule has 1 aromatic rings. The van der Waals surface area contributed by atoms with E-state index in [9.17, 15) is 9.59 Å². The van der Waals surface area contributed by atoms with Crippen LogP contribution in [-0.2, 0) is 14.4 Å². The summed E-state index contributed by atoms with van der Waals surface area (Å²) in [5.41, 5.74) is 4.28. The molecule has 0 saturated carbocycles. The fourth-order valence-corrected chi connectivity index (χ4v) is 1.66. The van der Waals surface area contributed by atoms with E-state index in [0.29, 0.717) is 5.88 Å². The third-order valence-electron chi connectivity index (χ3n) is 2.86. The second kappa shape index (κ2) is 8.76. The Labute approximate surface area is 124 Å². The van der Waals surface area contributed by atoms with Gasteiger partial charge in [0.05, 0.1) is 0 Å². The number of benzene rings is 1. The van der Waals surface area contributed by atoms with Crippen molar-refractivity contribution in [1.29, 1.82) is 0 Å². The van der Waals surface area contributed by atoms with E-state index >= 15 is 0 Å². The first-order valence-electron chi connectivity index (χ1n) is 6.68. The smallest absolute Gasteiger partial charge is 0.227 e. The molecule has 0 spiro atoms. The average Bonchev–Trinajstić information content (AvgIpc) is 2.52. The monoisotopic (exact) mass is 291 g/mol. The zero-order valence-electron chi connectivity index (χ0n) is 12.5. The van der Waals surface area contributed by atoms with Gasteiger partial charge in [0, 0.05) is 32.5 Å². The highest BCUT2D eigenvalue weighted by molar-refractivity contribution is 5.85. The van der Waals surface area contributed by atoms with Gasteiger partial charge in [0.25, 0.3) is 0 Å². The lowest BCUT2D eigenvalue weighted by Gasteiger charge is -2.13. The number of hydrogen-bond donors (Lipinski definition) is 3. The van der Waals surface area contributed by atoms with Crippen LogP contribution >= 0.6 is 0 Å². The van der Waals surface area contributed by atoms with Crippen LogP contribution in [0.5, 0.6) is 0 Å². The number of nitrogens with one attached hydrogen (secondary N) is 3. The molecule has 3 N–H and O–H groups in total. The predicted molar refractivity (Wildman–Crippen MR) is 80.6 cm³/mol. The molecule has 6 heteroatoms. The van der Waals surface area contributed by atoms with Crippen LogP contribution in [0.15, 0.2) is 36.2 Å². The van der Waals surface area contributed by atoms with Crippen molar-refractivity contribution in [3.63, 3.8) is 0 Å². The second-order valence-corrected chi connectivity index (χ2v) is 4.35. The van der Waals surface area contributed by atoms with E-state index in [4.69, 9.17) is 4.84 Å². The molecule has 0 aliphatic carbocycles. The summed E-state index contributed by atoms with van der Waals surface area (Å²) < 4.78 is 0. The molecule has 0 unspecified atom stereocenters. The van der Waals surface area contributed by atoms with Crippen LogP contribution in [0, 0.1) is 0 Å². The largest absolute Gasteiger partial charge is 0.390 e. The fourth-order valence-electron chi connectivity index (χ4n) is 1.66. The van der Waals surface area contributed by atoms with Gasteiger partial charge in [-0.1, -0.05) is 30.3 Å². The van der Waals surface area contributed by atoms with Crippen molar-refractivity contribution in [1.82, 2.24) is 16.1 Å². The maximum absolute atomic E-state index is 11.9. The van der Waals surface area contributed by atoms with Crippen molar-refractivity contribution < 1.29 is 14.4 Å². The first-order valence-corrected chi connectivity index (χ1v) is 6.68. The van der Waals surface area contributed by atoms with E-state index in [0.717, 1.165) is 11.1 Å². The third kappa shape index (κ3) is 5.66. The topological polar surface area (TPSA) is 79.5 Å². The Kier molecular flexibility index (Phi) is 6.97. The summed E-state index contributed by atoms with van der Waals surface area (Å²) in [5.74, 6) is -0.130. The number of amides is 2. The number of rotatable bonds is 7. The zero-order valence-corrected chi connectivity index (χ0v) is 12.5. The minimum atomic E-state index is -0.279. The first kappa shape index (κ1) is 16.7. The quantitative estimate of drug-likeness (QED) is 0.520. The number of carbonyl (C=O) groups excluding carboxylic acids is 2. The lowest BCUT2D eigenvalue weighted by molar-refractivity contribution is -0.126. The van der Waals surface area contributed by atoms with Gasteiger partial charge in [0.2, 0.25) is 17.7 Å². The van der Waals surface area contributed by atoms with Crippen molar-refractivity contribution >= 4 is 17.4 Å². The van der Waals surface area contributed by atoms with Crippen molar-refractivity contribution in [3.8, 4) is 0 Å². The van der Waals surface area contributed by atoms with E-state index in [2.05, 4.69) is 16.1 Å². The van der Waals surface area contributed by atoms with Crippen LogP contribution in [0.2, 0.25) is 0 Å². The maximum atomic E-state index is 11.9. The molecule has 0 heterocycles. The molecule has 114 valence electrons. The standard InChI is InChI=1S/C15H21N3O3/c1-11(12-7-5-4-6-8-12)15(21-17-3)18-14(20)10-9-13(19)16-2/h4-8,17H,9-10H2,1-3H3,(H,16,19)(H,18,20)/b15-11+. The summed E-state index contributed by atoms with van der Waals surface area (Å²) in [7, 11) is 3.14. The Hall–Kier alpha value is -2.34. The van der Waals surface area contributed by atoms with Gasteiger partial charge in [-0.25, -0.2) is 0 Å². The highest BCUT2D eigenvalue weighted by Gasteiger charge is 2.12.